The van der Waals surface area contributed by atoms with E-state index in [1.54, 1.807) is 18.6 Å². The molecule has 0 saturated heterocycles. The van der Waals surface area contributed by atoms with Crippen molar-refractivity contribution in [2.24, 2.45) is 0 Å². The number of alkyl carbamates (subject to hydrolysis) is 1. The first-order valence-corrected chi connectivity index (χ1v) is 12.4. The summed E-state index contributed by atoms with van der Waals surface area (Å²) in [6.07, 6.45) is 4.68. The summed E-state index contributed by atoms with van der Waals surface area (Å²) < 4.78 is 5.33. The number of hydrogen-bond acceptors (Lipinski definition) is 7. The zero-order valence-corrected chi connectivity index (χ0v) is 21.3. The van der Waals surface area contributed by atoms with E-state index in [0.717, 1.165) is 38.9 Å². The van der Waals surface area contributed by atoms with Crippen LogP contribution >= 0.6 is 0 Å². The zero-order valence-electron chi connectivity index (χ0n) is 21.3. The lowest BCUT2D eigenvalue weighted by Gasteiger charge is -2.15. The van der Waals surface area contributed by atoms with Gasteiger partial charge in [0.1, 0.15) is 12.4 Å². The highest BCUT2D eigenvalue weighted by Crippen LogP contribution is 2.34. The van der Waals surface area contributed by atoms with Crippen molar-refractivity contribution in [3.05, 3.63) is 103 Å². The van der Waals surface area contributed by atoms with Crippen molar-refractivity contribution in [3.63, 3.8) is 0 Å². The molecule has 0 aliphatic heterocycles. The van der Waals surface area contributed by atoms with Crippen LogP contribution in [0.25, 0.3) is 33.4 Å². The Morgan fingerprint density at radius 1 is 0.921 bits per heavy atom. The van der Waals surface area contributed by atoms with E-state index in [2.05, 4.69) is 38.8 Å². The number of anilines is 1. The van der Waals surface area contributed by atoms with E-state index in [-0.39, 0.29) is 12.6 Å². The number of benzene rings is 2. The molecule has 190 valence electrons. The number of aromatic nitrogens is 4. The maximum atomic E-state index is 11.9. The molecule has 1 amide bonds. The molecule has 3 heterocycles. The minimum Gasteiger partial charge on any atom is -0.445 e. The third-order valence-electron chi connectivity index (χ3n) is 5.80. The molecule has 0 spiro atoms. The van der Waals surface area contributed by atoms with Gasteiger partial charge in [-0.25, -0.2) is 14.8 Å². The van der Waals surface area contributed by atoms with Gasteiger partial charge in [0.25, 0.3) is 0 Å². The van der Waals surface area contributed by atoms with Gasteiger partial charge < -0.3 is 15.4 Å². The Morgan fingerprint density at radius 2 is 1.76 bits per heavy atom. The second kappa shape index (κ2) is 11.5. The van der Waals surface area contributed by atoms with Crippen LogP contribution in [0.5, 0.6) is 0 Å². The molecule has 0 fully saturated rings. The molecule has 0 aliphatic rings. The maximum Gasteiger partial charge on any atom is 0.407 e. The van der Waals surface area contributed by atoms with Crippen LogP contribution in [-0.2, 0) is 17.9 Å². The Balaban J connectivity index is 1.53. The SMILES string of the molecule is CC(C)NC(=O)OCc1cncc(-c2nc(NCc3ccccn3)c3c(-c4ccccc4)cccc3n2)c1. The largest absolute Gasteiger partial charge is 0.445 e. The van der Waals surface area contributed by atoms with Crippen LogP contribution in [0.2, 0.25) is 0 Å². The summed E-state index contributed by atoms with van der Waals surface area (Å²) in [5.74, 6) is 1.22. The lowest BCUT2D eigenvalue weighted by atomic mass is 10.0. The van der Waals surface area contributed by atoms with Crippen molar-refractivity contribution < 1.29 is 9.53 Å². The Bertz CT molecular complexity index is 1540. The summed E-state index contributed by atoms with van der Waals surface area (Å²) in [4.78, 5) is 30.5. The number of hydrogen-bond donors (Lipinski definition) is 2. The fourth-order valence-corrected chi connectivity index (χ4v) is 4.09. The van der Waals surface area contributed by atoms with Crippen LogP contribution < -0.4 is 10.6 Å². The highest BCUT2D eigenvalue weighted by atomic mass is 16.5. The monoisotopic (exact) mass is 504 g/mol. The first-order chi connectivity index (χ1) is 18.6. The smallest absolute Gasteiger partial charge is 0.407 e. The molecule has 2 aromatic carbocycles. The fourth-order valence-electron chi connectivity index (χ4n) is 4.09. The standard InChI is InChI=1S/C30H28N6O2/c1-20(2)34-30(37)38-19-21-15-23(17-31-16-21)28-35-26-13-8-12-25(22-9-4-3-5-10-22)27(26)29(36-28)33-18-24-11-6-7-14-32-24/h3-17,20H,18-19H2,1-2H3,(H,34,37)(H,33,35,36). The highest BCUT2D eigenvalue weighted by molar-refractivity contribution is 6.02. The third-order valence-corrected chi connectivity index (χ3v) is 5.80. The Hall–Kier alpha value is -4.85. The first kappa shape index (κ1) is 24.8. The number of nitrogens with one attached hydrogen (secondary N) is 2. The molecule has 0 unspecified atom stereocenters. The maximum absolute atomic E-state index is 11.9. The number of carbonyl (C=O) groups excluding carboxylic acids is 1. The van der Waals surface area contributed by atoms with Crippen LogP contribution in [-0.4, -0.2) is 32.1 Å². The molecular weight excluding hydrogens is 476 g/mol. The molecule has 0 radical (unpaired) electrons. The van der Waals surface area contributed by atoms with Gasteiger partial charge in [0.05, 0.1) is 23.1 Å². The van der Waals surface area contributed by atoms with Gasteiger partial charge in [0.15, 0.2) is 5.82 Å². The van der Waals surface area contributed by atoms with Gasteiger partial charge in [-0.3, -0.25) is 9.97 Å². The van der Waals surface area contributed by atoms with Gasteiger partial charge in [-0.2, -0.15) is 0 Å². The van der Waals surface area contributed by atoms with E-state index in [1.165, 1.54) is 0 Å². The topological polar surface area (TPSA) is 102 Å². The molecule has 0 bridgehead atoms. The molecule has 0 atom stereocenters. The van der Waals surface area contributed by atoms with E-state index in [0.29, 0.717) is 18.2 Å². The molecule has 5 aromatic rings. The van der Waals surface area contributed by atoms with Crippen LogP contribution in [0, 0.1) is 0 Å². The van der Waals surface area contributed by atoms with Gasteiger partial charge in [0.2, 0.25) is 0 Å². The normalized spacial score (nSPS) is 10.9. The second-order valence-electron chi connectivity index (χ2n) is 9.09. The molecule has 2 N–H and O–H groups in total. The summed E-state index contributed by atoms with van der Waals surface area (Å²) in [5, 5.41) is 7.13. The van der Waals surface area contributed by atoms with Gasteiger partial charge >= 0.3 is 6.09 Å². The van der Waals surface area contributed by atoms with Crippen molar-refractivity contribution in [1.29, 1.82) is 0 Å². The number of amides is 1. The summed E-state index contributed by atoms with van der Waals surface area (Å²) in [6, 6.07) is 24.0. The van der Waals surface area contributed by atoms with Gasteiger partial charge in [-0.15, -0.1) is 0 Å². The van der Waals surface area contributed by atoms with Crippen molar-refractivity contribution >= 4 is 22.8 Å². The lowest BCUT2D eigenvalue weighted by molar-refractivity contribution is 0.137. The van der Waals surface area contributed by atoms with Gasteiger partial charge in [-0.1, -0.05) is 48.5 Å². The summed E-state index contributed by atoms with van der Waals surface area (Å²) in [5.41, 5.74) is 5.29. The minimum absolute atomic E-state index is 0.00394. The Labute approximate surface area is 221 Å². The summed E-state index contributed by atoms with van der Waals surface area (Å²) in [6.45, 7) is 4.36. The van der Waals surface area contributed by atoms with Crippen LogP contribution in [0.15, 0.2) is 91.4 Å². The molecule has 0 aliphatic carbocycles. The number of pyridine rings is 2. The van der Waals surface area contributed by atoms with E-state index in [9.17, 15) is 4.79 Å². The average Bonchev–Trinajstić information content (AvgIpc) is 2.95. The quantitative estimate of drug-likeness (QED) is 0.267. The summed E-state index contributed by atoms with van der Waals surface area (Å²) in [7, 11) is 0. The lowest BCUT2D eigenvalue weighted by Crippen LogP contribution is -2.30. The molecule has 38 heavy (non-hydrogen) atoms. The number of rotatable bonds is 8. The predicted molar refractivity (Wildman–Crippen MR) is 148 cm³/mol. The molecule has 0 saturated carbocycles. The van der Waals surface area contributed by atoms with Crippen LogP contribution in [0.1, 0.15) is 25.1 Å². The van der Waals surface area contributed by atoms with Crippen molar-refractivity contribution in [2.75, 3.05) is 5.32 Å². The van der Waals surface area contributed by atoms with E-state index >= 15 is 0 Å². The average molecular weight is 505 g/mol. The number of carbonyl (C=O) groups is 1. The predicted octanol–water partition coefficient (Wildman–Crippen LogP) is 6.00. The highest BCUT2D eigenvalue weighted by Gasteiger charge is 2.15. The van der Waals surface area contributed by atoms with Crippen molar-refractivity contribution in [2.45, 2.75) is 33.0 Å². The fraction of sp³-hybridized carbons (Fsp3) is 0.167. The Morgan fingerprint density at radius 3 is 2.55 bits per heavy atom. The minimum atomic E-state index is -0.471. The number of nitrogens with zero attached hydrogens (tertiary/aromatic N) is 4. The summed E-state index contributed by atoms with van der Waals surface area (Å²) >= 11 is 0. The van der Waals surface area contributed by atoms with Crippen molar-refractivity contribution in [1.82, 2.24) is 25.3 Å². The van der Waals surface area contributed by atoms with Gasteiger partial charge in [0, 0.05) is 35.8 Å². The number of fused-ring (bicyclic) bond motifs is 1. The first-order valence-electron chi connectivity index (χ1n) is 12.4. The van der Waals surface area contributed by atoms with Gasteiger partial charge in [-0.05, 0) is 49.2 Å². The second-order valence-corrected chi connectivity index (χ2v) is 9.09. The molecular formula is C30H28N6O2. The van der Waals surface area contributed by atoms with Crippen LogP contribution in [0.3, 0.4) is 0 Å². The van der Waals surface area contributed by atoms with E-state index < -0.39 is 6.09 Å². The number of ether oxygens (including phenoxy) is 1. The Kier molecular flexibility index (Phi) is 7.49. The van der Waals surface area contributed by atoms with E-state index in [4.69, 9.17) is 14.7 Å². The van der Waals surface area contributed by atoms with E-state index in [1.807, 2.05) is 68.4 Å². The third kappa shape index (κ3) is 5.92. The molecule has 3 aromatic heterocycles. The molecule has 5 rings (SSSR count). The van der Waals surface area contributed by atoms with Crippen LogP contribution in [0.4, 0.5) is 10.6 Å². The molecule has 8 heteroatoms. The molecule has 8 nitrogen and oxygen atoms in total. The van der Waals surface area contributed by atoms with Crippen molar-refractivity contribution in [3.8, 4) is 22.5 Å². The zero-order chi connectivity index (χ0) is 26.3.